The molecule has 0 aliphatic heterocycles. The van der Waals surface area contributed by atoms with E-state index in [1.807, 2.05) is 31.2 Å². The molecule has 3 aromatic rings. The minimum Gasteiger partial charge on any atom is -0.439 e. The first-order chi connectivity index (χ1) is 16.1. The highest BCUT2D eigenvalue weighted by Crippen LogP contribution is 2.20. The summed E-state index contributed by atoms with van der Waals surface area (Å²) in [5.74, 6) is 1.02. The summed E-state index contributed by atoms with van der Waals surface area (Å²) >= 11 is 0. The topological polar surface area (TPSA) is 87.6 Å². The standard InChI is InChI=1S/C25H28FN5O2.HI/c1-3-28-25(29-13-12-18-6-4-7-20(14-18)24(32)27-2)31-17-19-10-11-23(30-16-19)33-22-9-5-8-21(26)15-22;/h4-11,14-16H,3,12-13,17H2,1-2H3,(H,27,32)(H2,28,29,31);1H. The average molecular weight is 577 g/mol. The number of nitrogens with one attached hydrogen (secondary N) is 3. The van der Waals surface area contributed by atoms with Crippen molar-refractivity contribution in [3.8, 4) is 11.6 Å². The van der Waals surface area contributed by atoms with Crippen LogP contribution < -0.4 is 20.7 Å². The van der Waals surface area contributed by atoms with Gasteiger partial charge >= 0.3 is 0 Å². The predicted octanol–water partition coefficient (Wildman–Crippen LogP) is 4.29. The number of hydrogen-bond acceptors (Lipinski definition) is 4. The number of aliphatic imine (C=N–C) groups is 1. The Morgan fingerprint density at radius 3 is 2.59 bits per heavy atom. The molecule has 0 saturated heterocycles. The number of pyridine rings is 1. The number of rotatable bonds is 9. The average Bonchev–Trinajstić information content (AvgIpc) is 2.83. The molecule has 7 nitrogen and oxygen atoms in total. The maximum atomic E-state index is 13.3. The van der Waals surface area contributed by atoms with E-state index in [2.05, 4.69) is 25.9 Å². The predicted molar refractivity (Wildman–Crippen MR) is 142 cm³/mol. The molecule has 0 fully saturated rings. The number of halogens is 2. The second-order valence-corrected chi connectivity index (χ2v) is 7.22. The Hall–Kier alpha value is -3.21. The molecule has 0 bridgehead atoms. The van der Waals surface area contributed by atoms with Crippen molar-refractivity contribution in [2.24, 2.45) is 4.99 Å². The number of amides is 1. The van der Waals surface area contributed by atoms with Gasteiger partial charge in [-0.05, 0) is 48.7 Å². The lowest BCUT2D eigenvalue weighted by atomic mass is 10.1. The van der Waals surface area contributed by atoms with Gasteiger partial charge in [-0.3, -0.25) is 4.79 Å². The number of carbonyl (C=O) groups excluding carboxylic acids is 1. The zero-order valence-electron chi connectivity index (χ0n) is 19.2. The minimum absolute atomic E-state index is 0. The lowest BCUT2D eigenvalue weighted by molar-refractivity contribution is 0.0963. The summed E-state index contributed by atoms with van der Waals surface area (Å²) in [6, 6.07) is 17.1. The maximum absolute atomic E-state index is 13.3. The molecule has 1 amide bonds. The number of ether oxygens (including phenoxy) is 1. The zero-order chi connectivity index (χ0) is 23.5. The van der Waals surface area contributed by atoms with E-state index in [9.17, 15) is 9.18 Å². The van der Waals surface area contributed by atoms with Gasteiger partial charge in [-0.2, -0.15) is 0 Å². The Bertz CT molecular complexity index is 1090. The Balaban J connectivity index is 0.00000408. The van der Waals surface area contributed by atoms with Crippen LogP contribution >= 0.6 is 24.0 Å². The monoisotopic (exact) mass is 577 g/mol. The van der Waals surface area contributed by atoms with Crippen LogP contribution in [0.25, 0.3) is 0 Å². The molecule has 0 saturated carbocycles. The molecule has 1 heterocycles. The lowest BCUT2D eigenvalue weighted by Crippen LogP contribution is -2.38. The van der Waals surface area contributed by atoms with Crippen LogP contribution in [-0.4, -0.2) is 37.0 Å². The van der Waals surface area contributed by atoms with Crippen molar-refractivity contribution >= 4 is 35.8 Å². The van der Waals surface area contributed by atoms with Crippen molar-refractivity contribution in [1.82, 2.24) is 20.9 Å². The van der Waals surface area contributed by atoms with Crippen molar-refractivity contribution in [2.75, 3.05) is 20.1 Å². The van der Waals surface area contributed by atoms with E-state index < -0.39 is 0 Å². The first-order valence-electron chi connectivity index (χ1n) is 10.8. The number of guanidine groups is 1. The molecule has 0 aliphatic rings. The van der Waals surface area contributed by atoms with Crippen molar-refractivity contribution < 1.29 is 13.9 Å². The molecule has 3 N–H and O–H groups in total. The normalized spacial score (nSPS) is 10.7. The van der Waals surface area contributed by atoms with Crippen LogP contribution in [0.3, 0.4) is 0 Å². The third-order valence-corrected chi connectivity index (χ3v) is 4.70. The largest absolute Gasteiger partial charge is 0.439 e. The fourth-order valence-electron chi connectivity index (χ4n) is 3.07. The van der Waals surface area contributed by atoms with Gasteiger partial charge in [0.1, 0.15) is 11.6 Å². The summed E-state index contributed by atoms with van der Waals surface area (Å²) in [4.78, 5) is 20.7. The highest BCUT2D eigenvalue weighted by atomic mass is 127. The van der Waals surface area contributed by atoms with Crippen LogP contribution in [0.15, 0.2) is 71.9 Å². The first kappa shape index (κ1) is 27.0. The summed E-state index contributed by atoms with van der Waals surface area (Å²) in [6.07, 6.45) is 2.44. The minimum atomic E-state index is -0.360. The molecule has 34 heavy (non-hydrogen) atoms. The second-order valence-electron chi connectivity index (χ2n) is 7.22. The lowest BCUT2D eigenvalue weighted by Gasteiger charge is -2.12. The number of aromatic nitrogens is 1. The smallest absolute Gasteiger partial charge is 0.251 e. The van der Waals surface area contributed by atoms with E-state index in [1.54, 1.807) is 37.5 Å². The van der Waals surface area contributed by atoms with E-state index in [1.165, 1.54) is 12.1 Å². The summed E-state index contributed by atoms with van der Waals surface area (Å²) in [6.45, 7) is 3.84. The molecule has 0 atom stereocenters. The second kappa shape index (κ2) is 14.1. The molecule has 0 aliphatic carbocycles. The van der Waals surface area contributed by atoms with E-state index in [0.29, 0.717) is 36.2 Å². The molecule has 0 spiro atoms. The fourth-order valence-corrected chi connectivity index (χ4v) is 3.07. The van der Waals surface area contributed by atoms with Crippen LogP contribution in [0.2, 0.25) is 0 Å². The molecule has 1 aromatic heterocycles. The molecule has 180 valence electrons. The van der Waals surface area contributed by atoms with E-state index >= 15 is 0 Å². The Kier molecular flexibility index (Phi) is 11.2. The highest BCUT2D eigenvalue weighted by Gasteiger charge is 2.05. The number of benzene rings is 2. The van der Waals surface area contributed by atoms with Crippen molar-refractivity contribution in [2.45, 2.75) is 19.9 Å². The first-order valence-corrected chi connectivity index (χ1v) is 10.8. The third kappa shape index (κ3) is 8.62. The SMILES string of the molecule is CCNC(=NCc1ccc(Oc2cccc(F)c2)nc1)NCCc1cccc(C(=O)NC)c1.I. The quantitative estimate of drug-likeness (QED) is 0.201. The molecule has 2 aromatic carbocycles. The number of nitrogens with zero attached hydrogens (tertiary/aromatic N) is 2. The van der Waals surface area contributed by atoms with Crippen LogP contribution in [-0.2, 0) is 13.0 Å². The van der Waals surface area contributed by atoms with Crippen LogP contribution in [0.5, 0.6) is 11.6 Å². The van der Waals surface area contributed by atoms with Gasteiger partial charge in [0.05, 0.1) is 6.54 Å². The van der Waals surface area contributed by atoms with E-state index in [4.69, 9.17) is 4.74 Å². The van der Waals surface area contributed by atoms with Gasteiger partial charge in [0.15, 0.2) is 5.96 Å². The maximum Gasteiger partial charge on any atom is 0.251 e. The van der Waals surface area contributed by atoms with Gasteiger partial charge in [0, 0.05) is 44.0 Å². The van der Waals surface area contributed by atoms with Crippen LogP contribution in [0, 0.1) is 5.82 Å². The Morgan fingerprint density at radius 2 is 1.88 bits per heavy atom. The molecular weight excluding hydrogens is 548 g/mol. The van der Waals surface area contributed by atoms with Gasteiger partial charge in [-0.1, -0.05) is 24.3 Å². The molecule has 3 rings (SSSR count). The summed E-state index contributed by atoms with van der Waals surface area (Å²) in [5.41, 5.74) is 2.63. The van der Waals surface area contributed by atoms with Gasteiger partial charge in [0.25, 0.3) is 5.91 Å². The number of hydrogen-bond donors (Lipinski definition) is 3. The Labute approximate surface area is 216 Å². The molecule has 9 heteroatoms. The number of carbonyl (C=O) groups is 1. The van der Waals surface area contributed by atoms with Gasteiger partial charge in [-0.25, -0.2) is 14.4 Å². The van der Waals surface area contributed by atoms with Gasteiger partial charge in [-0.15, -0.1) is 24.0 Å². The van der Waals surface area contributed by atoms with Crippen molar-refractivity contribution in [3.05, 3.63) is 89.4 Å². The van der Waals surface area contributed by atoms with Crippen LogP contribution in [0.4, 0.5) is 4.39 Å². The van der Waals surface area contributed by atoms with Gasteiger partial charge < -0.3 is 20.7 Å². The van der Waals surface area contributed by atoms with E-state index in [-0.39, 0.29) is 35.7 Å². The zero-order valence-corrected chi connectivity index (χ0v) is 21.5. The molecule has 0 radical (unpaired) electrons. The summed E-state index contributed by atoms with van der Waals surface area (Å²) in [5, 5.41) is 9.17. The van der Waals surface area contributed by atoms with Crippen LogP contribution in [0.1, 0.15) is 28.4 Å². The fraction of sp³-hybridized carbons (Fsp3) is 0.240. The van der Waals surface area contributed by atoms with Crippen molar-refractivity contribution in [1.29, 1.82) is 0 Å². The van der Waals surface area contributed by atoms with Crippen molar-refractivity contribution in [3.63, 3.8) is 0 Å². The molecule has 0 unspecified atom stereocenters. The molecular formula is C25H29FIN5O2. The van der Waals surface area contributed by atoms with E-state index in [0.717, 1.165) is 24.1 Å². The summed E-state index contributed by atoms with van der Waals surface area (Å²) in [7, 11) is 1.62. The third-order valence-electron chi connectivity index (χ3n) is 4.70. The Morgan fingerprint density at radius 1 is 1.06 bits per heavy atom. The van der Waals surface area contributed by atoms with Gasteiger partial charge in [0.2, 0.25) is 5.88 Å². The highest BCUT2D eigenvalue weighted by molar-refractivity contribution is 14.0. The summed E-state index contributed by atoms with van der Waals surface area (Å²) < 4.78 is 18.8.